The summed E-state index contributed by atoms with van der Waals surface area (Å²) in [6, 6.07) is 0. The number of rotatable bonds is 3. The number of aromatic nitrogens is 2. The molecule has 3 rings (SSSR count). The zero-order valence-electron chi connectivity index (χ0n) is 14.3. The lowest BCUT2D eigenvalue weighted by molar-refractivity contribution is -0.134. The lowest BCUT2D eigenvalue weighted by Crippen LogP contribution is -2.48. The van der Waals surface area contributed by atoms with Gasteiger partial charge in [0.15, 0.2) is 0 Å². The van der Waals surface area contributed by atoms with E-state index in [9.17, 15) is 4.79 Å². The smallest absolute Gasteiger partial charge is 0.244 e. The van der Waals surface area contributed by atoms with Gasteiger partial charge in [0.1, 0.15) is 6.17 Å². The third-order valence-electron chi connectivity index (χ3n) is 5.40. The van der Waals surface area contributed by atoms with E-state index in [4.69, 9.17) is 0 Å². The van der Waals surface area contributed by atoms with E-state index in [0.717, 1.165) is 50.0 Å². The van der Waals surface area contributed by atoms with Crippen molar-refractivity contribution in [2.45, 2.75) is 71.0 Å². The fourth-order valence-electron chi connectivity index (χ4n) is 4.19. The number of carbonyl (C=O) groups is 1. The highest BCUT2D eigenvalue weighted by molar-refractivity contribution is 5.89. The molecule has 1 atom stereocenters. The Morgan fingerprint density at radius 1 is 1.27 bits per heavy atom. The highest BCUT2D eigenvalue weighted by Gasteiger charge is 2.52. The van der Waals surface area contributed by atoms with Crippen LogP contribution in [0.5, 0.6) is 0 Å². The lowest BCUT2D eigenvalue weighted by atomic mass is 9.81. The summed E-state index contributed by atoms with van der Waals surface area (Å²) in [4.78, 5) is 15.2. The van der Waals surface area contributed by atoms with Crippen LogP contribution in [-0.2, 0) is 11.8 Å². The van der Waals surface area contributed by atoms with Gasteiger partial charge in [-0.1, -0.05) is 26.2 Å². The minimum atomic E-state index is -0.327. The van der Waals surface area contributed by atoms with E-state index in [1.165, 1.54) is 12.0 Å². The molecular weight excluding hydrogens is 276 g/mol. The number of nitrogens with zero attached hydrogens (tertiary/aromatic N) is 3. The first kappa shape index (κ1) is 15.5. The highest BCUT2D eigenvalue weighted by Crippen LogP contribution is 2.41. The van der Waals surface area contributed by atoms with Crippen molar-refractivity contribution < 1.29 is 4.79 Å². The fourth-order valence-corrected chi connectivity index (χ4v) is 4.19. The molecule has 5 nitrogen and oxygen atoms in total. The van der Waals surface area contributed by atoms with Crippen LogP contribution in [0.2, 0.25) is 0 Å². The Bertz CT molecular complexity index is 571. The maximum atomic E-state index is 13.1. The number of nitrogens with one attached hydrogen (secondary N) is 1. The van der Waals surface area contributed by atoms with Crippen molar-refractivity contribution >= 4 is 5.91 Å². The van der Waals surface area contributed by atoms with E-state index in [-0.39, 0.29) is 11.7 Å². The quantitative estimate of drug-likeness (QED) is 0.934. The second-order valence-corrected chi connectivity index (χ2v) is 6.90. The van der Waals surface area contributed by atoms with Gasteiger partial charge in [-0.25, -0.2) is 0 Å². The van der Waals surface area contributed by atoms with Crippen LogP contribution in [0.25, 0.3) is 0 Å². The van der Waals surface area contributed by atoms with Crippen LogP contribution in [-0.4, -0.2) is 32.7 Å². The number of aryl methyl sites for hydroxylation is 2. The van der Waals surface area contributed by atoms with E-state index in [2.05, 4.69) is 29.2 Å². The SMILES string of the molecule is CCCN1C(=O)C2(CCCCC2)N[C@@H]1c1c(C)nn(C)c1C. The third kappa shape index (κ3) is 2.26. The van der Waals surface area contributed by atoms with E-state index in [1.54, 1.807) is 0 Å². The molecule has 1 spiro atoms. The summed E-state index contributed by atoms with van der Waals surface area (Å²) in [6.07, 6.45) is 6.46. The monoisotopic (exact) mass is 304 g/mol. The molecule has 22 heavy (non-hydrogen) atoms. The highest BCUT2D eigenvalue weighted by atomic mass is 16.2. The Balaban J connectivity index is 2.00. The zero-order chi connectivity index (χ0) is 15.9. The van der Waals surface area contributed by atoms with Crippen LogP contribution in [0.3, 0.4) is 0 Å². The summed E-state index contributed by atoms with van der Waals surface area (Å²) in [5.41, 5.74) is 3.04. The summed E-state index contributed by atoms with van der Waals surface area (Å²) in [5.74, 6) is 0.307. The summed E-state index contributed by atoms with van der Waals surface area (Å²) in [6.45, 7) is 7.09. The number of carbonyl (C=O) groups excluding carboxylic acids is 1. The molecule has 1 N–H and O–H groups in total. The first-order valence-electron chi connectivity index (χ1n) is 8.59. The number of hydrogen-bond donors (Lipinski definition) is 1. The van der Waals surface area contributed by atoms with E-state index < -0.39 is 0 Å². The average molecular weight is 304 g/mol. The van der Waals surface area contributed by atoms with Crippen LogP contribution in [0, 0.1) is 13.8 Å². The van der Waals surface area contributed by atoms with Crippen molar-refractivity contribution in [3.05, 3.63) is 17.0 Å². The number of amides is 1. The van der Waals surface area contributed by atoms with Crippen LogP contribution in [0.15, 0.2) is 0 Å². The topological polar surface area (TPSA) is 50.2 Å². The Morgan fingerprint density at radius 3 is 2.50 bits per heavy atom. The molecular formula is C17H28N4O. The van der Waals surface area contributed by atoms with Crippen molar-refractivity contribution in [1.29, 1.82) is 0 Å². The van der Waals surface area contributed by atoms with Crippen molar-refractivity contribution in [1.82, 2.24) is 20.0 Å². The molecule has 1 aliphatic carbocycles. The maximum Gasteiger partial charge on any atom is 0.244 e. The van der Waals surface area contributed by atoms with Gasteiger partial charge >= 0.3 is 0 Å². The van der Waals surface area contributed by atoms with Gasteiger partial charge in [0.25, 0.3) is 0 Å². The number of hydrogen-bond acceptors (Lipinski definition) is 3. The Kier molecular flexibility index (Phi) is 4.02. The predicted octanol–water partition coefficient (Wildman–Crippen LogP) is 2.58. The third-order valence-corrected chi connectivity index (χ3v) is 5.40. The molecule has 5 heteroatoms. The minimum absolute atomic E-state index is 0.0146. The lowest BCUT2D eigenvalue weighted by Gasteiger charge is -2.31. The van der Waals surface area contributed by atoms with Crippen LogP contribution in [0.4, 0.5) is 0 Å². The molecule has 2 aliphatic rings. The second-order valence-electron chi connectivity index (χ2n) is 6.90. The predicted molar refractivity (Wildman–Crippen MR) is 86.4 cm³/mol. The van der Waals surface area contributed by atoms with Crippen molar-refractivity contribution in [2.75, 3.05) is 6.54 Å². The normalized spacial score (nSPS) is 24.5. The Hall–Kier alpha value is -1.36. The second kappa shape index (κ2) is 5.69. The van der Waals surface area contributed by atoms with Crippen LogP contribution >= 0.6 is 0 Å². The Morgan fingerprint density at radius 2 is 1.95 bits per heavy atom. The molecule has 1 aromatic rings. The van der Waals surface area contributed by atoms with Gasteiger partial charge in [0.2, 0.25) is 5.91 Å². The van der Waals surface area contributed by atoms with Gasteiger partial charge in [0.05, 0.1) is 11.2 Å². The van der Waals surface area contributed by atoms with Crippen molar-refractivity contribution in [3.63, 3.8) is 0 Å². The standard InChI is InChI=1S/C17H28N4O/c1-5-11-21-15(14-12(2)19-20(4)13(14)3)18-17(16(21)22)9-7-6-8-10-17/h15,18H,5-11H2,1-4H3/t15-/m0/s1. The van der Waals surface area contributed by atoms with Crippen LogP contribution in [0.1, 0.15) is 68.6 Å². The molecule has 1 saturated heterocycles. The molecule has 2 heterocycles. The molecule has 1 amide bonds. The average Bonchev–Trinajstić information content (AvgIpc) is 2.89. The molecule has 1 aromatic heterocycles. The van der Waals surface area contributed by atoms with Gasteiger partial charge in [-0.15, -0.1) is 0 Å². The van der Waals surface area contributed by atoms with E-state index >= 15 is 0 Å². The molecule has 0 bridgehead atoms. The van der Waals surface area contributed by atoms with Crippen LogP contribution < -0.4 is 5.32 Å². The first-order valence-corrected chi connectivity index (χ1v) is 8.59. The van der Waals surface area contributed by atoms with Gasteiger partial charge in [-0.05, 0) is 33.1 Å². The van der Waals surface area contributed by atoms with E-state index in [1.807, 2.05) is 18.7 Å². The minimum Gasteiger partial charge on any atom is -0.321 e. The molecule has 0 unspecified atom stereocenters. The molecule has 1 aliphatic heterocycles. The van der Waals surface area contributed by atoms with Gasteiger partial charge in [-0.2, -0.15) is 5.10 Å². The molecule has 2 fully saturated rings. The van der Waals surface area contributed by atoms with E-state index in [0.29, 0.717) is 5.91 Å². The zero-order valence-corrected chi connectivity index (χ0v) is 14.3. The molecule has 122 valence electrons. The molecule has 0 aromatic carbocycles. The summed E-state index contributed by atoms with van der Waals surface area (Å²) >= 11 is 0. The van der Waals surface area contributed by atoms with Crippen molar-refractivity contribution in [2.24, 2.45) is 7.05 Å². The van der Waals surface area contributed by atoms with Gasteiger partial charge in [-0.3, -0.25) is 14.8 Å². The largest absolute Gasteiger partial charge is 0.321 e. The Labute approximate surface area is 133 Å². The maximum absolute atomic E-state index is 13.1. The van der Waals surface area contributed by atoms with Gasteiger partial charge < -0.3 is 4.90 Å². The fraction of sp³-hybridized carbons (Fsp3) is 0.765. The first-order chi connectivity index (χ1) is 10.5. The summed E-state index contributed by atoms with van der Waals surface area (Å²) in [7, 11) is 1.98. The summed E-state index contributed by atoms with van der Waals surface area (Å²) in [5, 5.41) is 8.27. The molecule has 0 radical (unpaired) electrons. The van der Waals surface area contributed by atoms with Crippen molar-refractivity contribution in [3.8, 4) is 0 Å². The van der Waals surface area contributed by atoms with Gasteiger partial charge in [0, 0.05) is 24.8 Å². The summed E-state index contributed by atoms with van der Waals surface area (Å²) < 4.78 is 1.92. The molecule has 1 saturated carbocycles.